The number of amides is 2. The van der Waals surface area contributed by atoms with E-state index in [2.05, 4.69) is 24.1 Å². The third-order valence-corrected chi connectivity index (χ3v) is 5.60. The molecule has 0 aliphatic carbocycles. The van der Waals surface area contributed by atoms with Crippen LogP contribution < -0.4 is 5.32 Å². The van der Waals surface area contributed by atoms with Crippen molar-refractivity contribution in [2.45, 2.75) is 51.5 Å². The first kappa shape index (κ1) is 25.8. The molecule has 172 valence electrons. The maximum absolute atomic E-state index is 13.0. The van der Waals surface area contributed by atoms with E-state index in [1.54, 1.807) is 25.4 Å². The number of rotatable bonds is 6. The highest BCUT2D eigenvalue weighted by molar-refractivity contribution is 8.11. The molecule has 1 aliphatic heterocycles. The molecule has 8 nitrogen and oxygen atoms in total. The van der Waals surface area contributed by atoms with Crippen LogP contribution in [-0.2, 0) is 9.59 Å². The molecule has 1 aromatic carbocycles. The van der Waals surface area contributed by atoms with Gasteiger partial charge in [-0.25, -0.2) is 0 Å². The molecule has 2 amide bonds. The maximum Gasteiger partial charge on any atom is 0.475 e. The molecule has 0 spiro atoms. The Balaban J connectivity index is 0.000000837. The number of benzene rings is 1. The third-order valence-electron chi connectivity index (χ3n) is 5.41. The van der Waals surface area contributed by atoms with Crippen molar-refractivity contribution in [2.75, 3.05) is 12.8 Å². The molecule has 0 saturated carbocycles. The van der Waals surface area contributed by atoms with Crippen molar-refractivity contribution in [1.29, 1.82) is 0 Å². The van der Waals surface area contributed by atoms with Gasteiger partial charge >= 0.3 is 7.12 Å². The predicted molar refractivity (Wildman–Crippen MR) is 128 cm³/mol. The van der Waals surface area contributed by atoms with Crippen LogP contribution in [0.5, 0.6) is 0 Å². The fraction of sp³-hybridized carbons (Fsp3) is 0.455. The molecule has 10 heteroatoms. The Morgan fingerprint density at radius 1 is 1.28 bits per heavy atom. The number of nitrogens with one attached hydrogen (secondary N) is 1. The van der Waals surface area contributed by atoms with Crippen LogP contribution in [0.2, 0.25) is 0 Å². The number of carbonyl (C=O) groups excluding carboxylic acids is 3. The molecule has 1 aromatic heterocycles. The second-order valence-electron chi connectivity index (χ2n) is 7.94. The average Bonchev–Trinajstić information content (AvgIpc) is 3.28. The number of nitrogens with zero attached hydrogens (tertiary/aromatic N) is 2. The van der Waals surface area contributed by atoms with Gasteiger partial charge in [0.15, 0.2) is 5.62 Å². The molecule has 0 bridgehead atoms. The molecule has 2 atom stereocenters. The lowest BCUT2D eigenvalue weighted by Gasteiger charge is -2.27. The first-order valence-corrected chi connectivity index (χ1v) is 11.8. The first-order chi connectivity index (χ1) is 15.2. The average molecular weight is 459 g/mol. The Labute approximate surface area is 192 Å². The Bertz CT molecular complexity index is 951. The SMILES string of the molecule is CC(NC(=O)c1ccnc2cccc(C(C)C)c12)C(=O)N1CCCC1B(O)O.CSC=O. The summed E-state index contributed by atoms with van der Waals surface area (Å²) < 4.78 is 0. The fourth-order valence-corrected chi connectivity index (χ4v) is 3.87. The number of pyridine rings is 1. The molecule has 1 fully saturated rings. The van der Waals surface area contributed by atoms with E-state index in [1.165, 1.54) is 16.7 Å². The van der Waals surface area contributed by atoms with Crippen LogP contribution in [0.1, 0.15) is 55.5 Å². The highest BCUT2D eigenvalue weighted by Gasteiger charge is 2.38. The van der Waals surface area contributed by atoms with Crippen molar-refractivity contribution in [3.05, 3.63) is 41.6 Å². The zero-order chi connectivity index (χ0) is 23.8. The predicted octanol–water partition coefficient (Wildman–Crippen LogP) is 2.02. The monoisotopic (exact) mass is 459 g/mol. The largest absolute Gasteiger partial charge is 0.475 e. The highest BCUT2D eigenvalue weighted by atomic mass is 32.2. The smallest absolute Gasteiger partial charge is 0.426 e. The van der Waals surface area contributed by atoms with E-state index in [0.717, 1.165) is 22.1 Å². The van der Waals surface area contributed by atoms with Gasteiger partial charge in [-0.05, 0) is 49.6 Å². The van der Waals surface area contributed by atoms with Gasteiger partial charge in [-0.1, -0.05) is 37.7 Å². The summed E-state index contributed by atoms with van der Waals surface area (Å²) in [6.45, 7) is 6.19. The van der Waals surface area contributed by atoms with E-state index >= 15 is 0 Å². The summed E-state index contributed by atoms with van der Waals surface area (Å²) in [7, 11) is -1.58. The maximum atomic E-state index is 13.0. The van der Waals surface area contributed by atoms with Gasteiger partial charge in [0.2, 0.25) is 5.91 Å². The summed E-state index contributed by atoms with van der Waals surface area (Å²) in [5.74, 6) is -1.07. The number of fused-ring (bicyclic) bond motifs is 1. The molecule has 3 N–H and O–H groups in total. The van der Waals surface area contributed by atoms with Gasteiger partial charge in [-0.3, -0.25) is 19.4 Å². The summed E-state index contributed by atoms with van der Waals surface area (Å²) in [4.78, 5) is 40.7. The minimum absolute atomic E-state index is 0.218. The van der Waals surface area contributed by atoms with Crippen LogP contribution in [0.15, 0.2) is 30.5 Å². The molecule has 3 rings (SSSR count). The standard InChI is InChI=1S/C20H26BN3O4.C2H4OS/c1-12(2)14-6-4-7-16-18(14)15(9-10-22-16)19(25)23-13(3)20(26)24-11-5-8-17(24)21(27)28;1-4-2-3/h4,6-7,9-10,12-13,17,27-28H,5,8,11H2,1-3H3,(H,23,25);2H,1H3. The molecule has 2 aromatic rings. The third kappa shape index (κ3) is 6.08. The normalized spacial score (nSPS) is 16.3. The van der Waals surface area contributed by atoms with E-state index in [-0.39, 0.29) is 17.7 Å². The summed E-state index contributed by atoms with van der Waals surface area (Å²) >= 11 is 1.18. The molecule has 1 aliphatic rings. The number of likely N-dealkylation sites (tertiary alicyclic amines) is 1. The Hall–Kier alpha value is -2.43. The second kappa shape index (κ2) is 12.0. The Morgan fingerprint density at radius 3 is 2.56 bits per heavy atom. The van der Waals surface area contributed by atoms with Gasteiger partial charge in [0.1, 0.15) is 6.04 Å². The van der Waals surface area contributed by atoms with Crippen molar-refractivity contribution in [1.82, 2.24) is 15.2 Å². The molecule has 2 unspecified atom stereocenters. The van der Waals surface area contributed by atoms with E-state index < -0.39 is 19.1 Å². The fourth-order valence-electron chi connectivity index (χ4n) is 3.87. The zero-order valence-corrected chi connectivity index (χ0v) is 19.6. The van der Waals surface area contributed by atoms with Crippen LogP contribution in [0.3, 0.4) is 0 Å². The molecular weight excluding hydrogens is 429 g/mol. The number of hydrogen-bond donors (Lipinski definition) is 3. The van der Waals surface area contributed by atoms with E-state index in [0.29, 0.717) is 24.9 Å². The van der Waals surface area contributed by atoms with Gasteiger partial charge in [-0.15, -0.1) is 0 Å². The molecule has 0 radical (unpaired) electrons. The Morgan fingerprint density at radius 2 is 1.97 bits per heavy atom. The van der Waals surface area contributed by atoms with Crippen molar-refractivity contribution in [3.63, 3.8) is 0 Å². The number of carbonyl (C=O) groups is 3. The molecule has 2 heterocycles. The summed E-state index contributed by atoms with van der Waals surface area (Å²) in [6, 6.07) is 6.66. The first-order valence-electron chi connectivity index (χ1n) is 10.5. The summed E-state index contributed by atoms with van der Waals surface area (Å²) in [6.07, 6.45) is 4.57. The lowest BCUT2D eigenvalue weighted by Crippen LogP contribution is -2.52. The lowest BCUT2D eigenvalue weighted by atomic mass is 9.78. The van der Waals surface area contributed by atoms with Crippen LogP contribution in [0, 0.1) is 0 Å². The van der Waals surface area contributed by atoms with Crippen molar-refractivity contribution < 1.29 is 24.4 Å². The second-order valence-corrected chi connectivity index (χ2v) is 8.60. The number of hydrogen-bond acceptors (Lipinski definition) is 7. The van der Waals surface area contributed by atoms with E-state index in [4.69, 9.17) is 4.79 Å². The quantitative estimate of drug-likeness (QED) is 0.447. The lowest BCUT2D eigenvalue weighted by molar-refractivity contribution is -0.132. The molecule has 32 heavy (non-hydrogen) atoms. The van der Waals surface area contributed by atoms with Crippen molar-refractivity contribution in [3.8, 4) is 0 Å². The van der Waals surface area contributed by atoms with Gasteiger partial charge in [0.25, 0.3) is 5.91 Å². The Kier molecular flexibility index (Phi) is 9.68. The van der Waals surface area contributed by atoms with Crippen LogP contribution in [0.4, 0.5) is 0 Å². The molecular formula is C22H30BN3O5S. The summed E-state index contributed by atoms with van der Waals surface area (Å²) in [5, 5.41) is 22.5. The van der Waals surface area contributed by atoms with E-state index in [1.807, 2.05) is 18.2 Å². The number of aromatic nitrogens is 1. The van der Waals surface area contributed by atoms with Gasteiger partial charge < -0.3 is 20.3 Å². The number of thioether (sulfide) groups is 1. The molecule has 1 saturated heterocycles. The topological polar surface area (TPSA) is 120 Å². The zero-order valence-electron chi connectivity index (χ0n) is 18.8. The minimum Gasteiger partial charge on any atom is -0.426 e. The minimum atomic E-state index is -1.58. The van der Waals surface area contributed by atoms with Gasteiger partial charge in [0, 0.05) is 18.1 Å². The van der Waals surface area contributed by atoms with Crippen LogP contribution >= 0.6 is 11.8 Å². The van der Waals surface area contributed by atoms with Gasteiger partial charge in [0.05, 0.1) is 17.0 Å². The van der Waals surface area contributed by atoms with E-state index in [9.17, 15) is 19.6 Å². The van der Waals surface area contributed by atoms with Crippen molar-refractivity contribution in [2.24, 2.45) is 0 Å². The highest BCUT2D eigenvalue weighted by Crippen LogP contribution is 2.27. The summed E-state index contributed by atoms with van der Waals surface area (Å²) in [5.41, 5.74) is 3.03. The van der Waals surface area contributed by atoms with Gasteiger partial charge in [-0.2, -0.15) is 0 Å². The van der Waals surface area contributed by atoms with Crippen LogP contribution in [0.25, 0.3) is 10.9 Å². The van der Waals surface area contributed by atoms with Crippen LogP contribution in [-0.4, -0.2) is 69.3 Å². The van der Waals surface area contributed by atoms with Crippen molar-refractivity contribution >= 4 is 47.2 Å².